The SMILES string of the molecule is CCOc1c(Cl)cc(/C=N\Nc2nc(-c3ccc(OC)c(OC)c3)cs2)cc1Cl. The maximum atomic E-state index is 6.21. The maximum Gasteiger partial charge on any atom is 0.203 e. The summed E-state index contributed by atoms with van der Waals surface area (Å²) in [4.78, 5) is 4.54. The van der Waals surface area contributed by atoms with E-state index in [2.05, 4.69) is 15.5 Å². The number of nitrogens with zero attached hydrogens (tertiary/aromatic N) is 2. The van der Waals surface area contributed by atoms with Gasteiger partial charge in [0.05, 0.1) is 42.8 Å². The van der Waals surface area contributed by atoms with Crippen LogP contribution in [0.1, 0.15) is 12.5 Å². The number of hydrogen-bond donors (Lipinski definition) is 1. The smallest absolute Gasteiger partial charge is 0.203 e. The van der Waals surface area contributed by atoms with Gasteiger partial charge in [-0.1, -0.05) is 23.2 Å². The standard InChI is InChI=1S/C20H19Cl2N3O3S/c1-4-28-19-14(21)7-12(8-15(19)22)10-23-25-20-24-16(11-29-20)13-5-6-17(26-2)18(9-13)27-3/h5-11H,4H2,1-3H3,(H,24,25)/b23-10-. The number of benzene rings is 2. The van der Waals surface area contributed by atoms with Gasteiger partial charge < -0.3 is 14.2 Å². The van der Waals surface area contributed by atoms with Gasteiger partial charge in [0.2, 0.25) is 5.13 Å². The molecule has 0 aliphatic heterocycles. The van der Waals surface area contributed by atoms with Crippen molar-refractivity contribution in [3.05, 3.63) is 51.3 Å². The van der Waals surface area contributed by atoms with Crippen LogP contribution in [-0.2, 0) is 0 Å². The van der Waals surface area contributed by atoms with Gasteiger partial charge in [-0.15, -0.1) is 11.3 Å². The van der Waals surface area contributed by atoms with Crippen molar-refractivity contribution >= 4 is 45.9 Å². The Morgan fingerprint density at radius 2 is 1.83 bits per heavy atom. The largest absolute Gasteiger partial charge is 0.493 e. The lowest BCUT2D eigenvalue weighted by molar-refractivity contribution is 0.340. The van der Waals surface area contributed by atoms with Gasteiger partial charge in [-0.2, -0.15) is 5.10 Å². The molecule has 9 heteroatoms. The Hall–Kier alpha value is -2.48. The highest BCUT2D eigenvalue weighted by molar-refractivity contribution is 7.14. The Morgan fingerprint density at radius 1 is 1.10 bits per heavy atom. The summed E-state index contributed by atoms with van der Waals surface area (Å²) in [6, 6.07) is 9.12. The minimum Gasteiger partial charge on any atom is -0.493 e. The number of hydrazone groups is 1. The third kappa shape index (κ3) is 5.12. The normalized spacial score (nSPS) is 10.9. The van der Waals surface area contributed by atoms with Crippen LogP contribution in [0.5, 0.6) is 17.2 Å². The average molecular weight is 452 g/mol. The van der Waals surface area contributed by atoms with Crippen molar-refractivity contribution in [2.24, 2.45) is 5.10 Å². The minimum atomic E-state index is 0.436. The second-order valence-corrected chi connectivity index (χ2v) is 7.40. The van der Waals surface area contributed by atoms with Crippen LogP contribution in [0.15, 0.2) is 40.8 Å². The van der Waals surface area contributed by atoms with E-state index in [0.717, 1.165) is 16.8 Å². The number of aromatic nitrogens is 1. The zero-order chi connectivity index (χ0) is 20.8. The second kappa shape index (κ2) is 9.82. The fourth-order valence-corrected chi connectivity index (χ4v) is 3.83. The number of rotatable bonds is 8. The summed E-state index contributed by atoms with van der Waals surface area (Å²) in [6.07, 6.45) is 1.62. The summed E-state index contributed by atoms with van der Waals surface area (Å²) in [5.41, 5.74) is 5.38. The number of nitrogens with one attached hydrogen (secondary N) is 1. The predicted molar refractivity (Wildman–Crippen MR) is 120 cm³/mol. The van der Waals surface area contributed by atoms with Crippen molar-refractivity contribution in [3.63, 3.8) is 0 Å². The van der Waals surface area contributed by atoms with Gasteiger partial charge in [0.25, 0.3) is 0 Å². The van der Waals surface area contributed by atoms with Crippen molar-refractivity contribution in [1.29, 1.82) is 0 Å². The Kier molecular flexibility index (Phi) is 7.19. The van der Waals surface area contributed by atoms with E-state index >= 15 is 0 Å². The third-order valence-corrected chi connectivity index (χ3v) is 5.18. The zero-order valence-corrected chi connectivity index (χ0v) is 18.4. The van der Waals surface area contributed by atoms with Crippen LogP contribution in [0.2, 0.25) is 10.0 Å². The molecule has 0 aliphatic rings. The molecule has 0 saturated heterocycles. The van der Waals surface area contributed by atoms with Crippen molar-refractivity contribution < 1.29 is 14.2 Å². The molecule has 0 bridgehead atoms. The van der Waals surface area contributed by atoms with Crippen LogP contribution in [0.4, 0.5) is 5.13 Å². The van der Waals surface area contributed by atoms with Gasteiger partial charge >= 0.3 is 0 Å². The van der Waals surface area contributed by atoms with Crippen LogP contribution < -0.4 is 19.6 Å². The molecule has 3 rings (SSSR count). The Morgan fingerprint density at radius 3 is 2.48 bits per heavy atom. The van der Waals surface area contributed by atoms with Crippen LogP contribution in [0.25, 0.3) is 11.3 Å². The summed E-state index contributed by atoms with van der Waals surface area (Å²) in [5.74, 6) is 1.79. The van der Waals surface area contributed by atoms with Crippen molar-refractivity contribution in [2.45, 2.75) is 6.92 Å². The molecule has 3 aromatic rings. The molecule has 0 spiro atoms. The van der Waals surface area contributed by atoms with Crippen LogP contribution >= 0.6 is 34.5 Å². The van der Waals surface area contributed by atoms with E-state index in [1.165, 1.54) is 11.3 Å². The molecule has 29 heavy (non-hydrogen) atoms. The Bertz CT molecular complexity index is 1000. The topological polar surface area (TPSA) is 65.0 Å². The van der Waals surface area contributed by atoms with E-state index in [9.17, 15) is 0 Å². The number of halogens is 2. The number of methoxy groups -OCH3 is 2. The summed E-state index contributed by atoms with van der Waals surface area (Å²) in [5, 5.41) is 7.66. The number of ether oxygens (including phenoxy) is 3. The molecule has 0 atom stereocenters. The first-order valence-corrected chi connectivity index (χ1v) is 10.3. The maximum absolute atomic E-state index is 6.21. The number of anilines is 1. The minimum absolute atomic E-state index is 0.436. The molecule has 152 valence electrons. The molecule has 0 saturated carbocycles. The molecule has 0 amide bonds. The predicted octanol–water partition coefficient (Wildman–Crippen LogP) is 5.98. The first-order valence-electron chi connectivity index (χ1n) is 8.64. The molecule has 1 aromatic heterocycles. The molecule has 0 fully saturated rings. The lowest BCUT2D eigenvalue weighted by atomic mass is 10.1. The van der Waals surface area contributed by atoms with E-state index in [4.69, 9.17) is 37.4 Å². The van der Waals surface area contributed by atoms with Crippen LogP contribution in [0, 0.1) is 0 Å². The highest BCUT2D eigenvalue weighted by Crippen LogP contribution is 2.34. The molecule has 0 unspecified atom stereocenters. The van der Waals surface area contributed by atoms with E-state index in [1.54, 1.807) is 32.6 Å². The quantitative estimate of drug-likeness (QED) is 0.337. The summed E-state index contributed by atoms with van der Waals surface area (Å²) >= 11 is 13.8. The monoisotopic (exact) mass is 451 g/mol. The highest BCUT2D eigenvalue weighted by Gasteiger charge is 2.10. The van der Waals surface area contributed by atoms with Crippen molar-refractivity contribution in [1.82, 2.24) is 4.98 Å². The molecule has 6 nitrogen and oxygen atoms in total. The van der Waals surface area contributed by atoms with Gasteiger partial charge in [-0.25, -0.2) is 4.98 Å². The summed E-state index contributed by atoms with van der Waals surface area (Å²) in [7, 11) is 3.20. The van der Waals surface area contributed by atoms with Gasteiger partial charge in [0.15, 0.2) is 17.2 Å². The van der Waals surface area contributed by atoms with Crippen molar-refractivity contribution in [3.8, 4) is 28.5 Å². The average Bonchev–Trinajstić information content (AvgIpc) is 3.19. The lowest BCUT2D eigenvalue weighted by Crippen LogP contribution is -1.95. The number of thiazole rings is 1. The molecule has 0 radical (unpaired) electrons. The van der Waals surface area contributed by atoms with Gasteiger partial charge in [-0.3, -0.25) is 5.43 Å². The highest BCUT2D eigenvalue weighted by atomic mass is 35.5. The van der Waals surface area contributed by atoms with E-state index in [-0.39, 0.29) is 0 Å². The molecule has 1 heterocycles. The van der Waals surface area contributed by atoms with Gasteiger partial charge in [-0.05, 0) is 42.8 Å². The summed E-state index contributed by atoms with van der Waals surface area (Å²) < 4.78 is 16.0. The van der Waals surface area contributed by atoms with Crippen LogP contribution in [0.3, 0.4) is 0 Å². The van der Waals surface area contributed by atoms with E-state index in [1.807, 2.05) is 30.5 Å². The first-order chi connectivity index (χ1) is 14.0. The third-order valence-electron chi connectivity index (χ3n) is 3.87. The molecular weight excluding hydrogens is 433 g/mol. The zero-order valence-electron chi connectivity index (χ0n) is 16.0. The van der Waals surface area contributed by atoms with Gasteiger partial charge in [0, 0.05) is 10.9 Å². The molecule has 2 aromatic carbocycles. The van der Waals surface area contributed by atoms with E-state index < -0.39 is 0 Å². The number of hydrogen-bond acceptors (Lipinski definition) is 7. The van der Waals surface area contributed by atoms with Crippen LogP contribution in [-0.4, -0.2) is 32.0 Å². The lowest BCUT2D eigenvalue weighted by Gasteiger charge is -2.08. The summed E-state index contributed by atoms with van der Waals surface area (Å²) in [6.45, 7) is 2.36. The fraction of sp³-hybridized carbons (Fsp3) is 0.200. The van der Waals surface area contributed by atoms with Crippen molar-refractivity contribution in [2.75, 3.05) is 26.3 Å². The molecule has 0 aliphatic carbocycles. The molecule has 1 N–H and O–H groups in total. The Balaban J connectivity index is 1.71. The van der Waals surface area contributed by atoms with Gasteiger partial charge in [0.1, 0.15) is 0 Å². The Labute approximate surface area is 183 Å². The second-order valence-electron chi connectivity index (χ2n) is 5.72. The fourth-order valence-electron chi connectivity index (χ4n) is 2.55. The van der Waals surface area contributed by atoms with E-state index in [0.29, 0.717) is 39.0 Å². The molecular formula is C20H19Cl2N3O3S. The first kappa shape index (κ1) is 21.2.